The first-order chi connectivity index (χ1) is 10.1. The molecule has 0 aromatic heterocycles. The van der Waals surface area contributed by atoms with Crippen LogP contribution in [0.2, 0.25) is 0 Å². The van der Waals surface area contributed by atoms with E-state index in [-0.39, 0.29) is 28.3 Å². The van der Waals surface area contributed by atoms with E-state index >= 15 is 0 Å². The van der Waals surface area contributed by atoms with Gasteiger partial charge in [0.05, 0.1) is 0 Å². The summed E-state index contributed by atoms with van der Waals surface area (Å²) < 4.78 is 0. The standard InChI is InChI=1S/C20H26O2/c1-6-19(4)9-7-14-13(12-19)15(21)11-16-18(2,3)17(22)8-10-20(14,16)5/h6,11-12,14H,1,7-10H2,2-5H3/t14-,19-,20+/m0/s1. The summed E-state index contributed by atoms with van der Waals surface area (Å²) in [6.07, 6.45) is 9.37. The summed E-state index contributed by atoms with van der Waals surface area (Å²) in [5.41, 5.74) is 1.37. The van der Waals surface area contributed by atoms with E-state index in [9.17, 15) is 9.59 Å². The van der Waals surface area contributed by atoms with Gasteiger partial charge in [0.1, 0.15) is 5.78 Å². The SMILES string of the molecule is C=C[C@]1(C)C=C2C(=O)C=C3C(C)(C)C(=O)CC[C@]3(C)[C@H]2CC1. The van der Waals surface area contributed by atoms with Gasteiger partial charge in [0.15, 0.2) is 5.78 Å². The molecule has 2 heteroatoms. The van der Waals surface area contributed by atoms with E-state index < -0.39 is 5.41 Å². The lowest BCUT2D eigenvalue weighted by atomic mass is 9.49. The molecule has 0 aromatic carbocycles. The van der Waals surface area contributed by atoms with Crippen LogP contribution in [0.15, 0.2) is 36.0 Å². The van der Waals surface area contributed by atoms with Gasteiger partial charge in [0.2, 0.25) is 0 Å². The number of carbonyl (C=O) groups excluding carboxylic acids is 2. The summed E-state index contributed by atoms with van der Waals surface area (Å²) in [6.45, 7) is 12.3. The Bertz CT molecular complexity index is 634. The third-order valence-corrected chi connectivity index (χ3v) is 6.48. The summed E-state index contributed by atoms with van der Waals surface area (Å²) in [5.74, 6) is 0.622. The molecule has 0 unspecified atom stereocenters. The number of rotatable bonds is 1. The van der Waals surface area contributed by atoms with E-state index in [1.165, 1.54) is 0 Å². The van der Waals surface area contributed by atoms with Crippen molar-refractivity contribution in [3.8, 4) is 0 Å². The highest BCUT2D eigenvalue weighted by Gasteiger charge is 2.54. The van der Waals surface area contributed by atoms with Gasteiger partial charge in [-0.2, -0.15) is 0 Å². The number of carbonyl (C=O) groups is 2. The summed E-state index contributed by atoms with van der Waals surface area (Å²) in [5, 5.41) is 0. The number of hydrogen-bond donors (Lipinski definition) is 0. The predicted octanol–water partition coefficient (Wildman–Crippen LogP) is 4.42. The smallest absolute Gasteiger partial charge is 0.181 e. The number of ketones is 2. The van der Waals surface area contributed by atoms with Gasteiger partial charge in [-0.1, -0.05) is 26.0 Å². The van der Waals surface area contributed by atoms with Crippen molar-refractivity contribution in [2.45, 2.75) is 53.4 Å². The highest BCUT2D eigenvalue weighted by Crippen LogP contribution is 2.59. The Hall–Kier alpha value is -1.44. The zero-order chi connectivity index (χ0) is 16.3. The monoisotopic (exact) mass is 298 g/mol. The molecule has 3 rings (SSSR count). The normalized spacial score (nSPS) is 40.3. The van der Waals surface area contributed by atoms with E-state index in [1.54, 1.807) is 6.08 Å². The van der Waals surface area contributed by atoms with E-state index in [2.05, 4.69) is 26.5 Å². The minimum Gasteiger partial charge on any atom is -0.299 e. The lowest BCUT2D eigenvalue weighted by molar-refractivity contribution is -0.129. The fourth-order valence-electron chi connectivity index (χ4n) is 4.81. The lowest BCUT2D eigenvalue weighted by Crippen LogP contribution is -2.49. The zero-order valence-electron chi connectivity index (χ0n) is 14.2. The van der Waals surface area contributed by atoms with Crippen molar-refractivity contribution in [3.63, 3.8) is 0 Å². The molecule has 0 N–H and O–H groups in total. The second kappa shape index (κ2) is 4.53. The molecule has 1 fully saturated rings. The van der Waals surface area contributed by atoms with Gasteiger partial charge < -0.3 is 0 Å². The van der Waals surface area contributed by atoms with Gasteiger partial charge in [-0.05, 0) is 56.1 Å². The first-order valence-electron chi connectivity index (χ1n) is 8.31. The maximum atomic E-state index is 12.7. The quantitative estimate of drug-likeness (QED) is 0.672. The molecule has 0 bridgehead atoms. The third kappa shape index (κ3) is 1.92. The van der Waals surface area contributed by atoms with Crippen LogP contribution in [0.1, 0.15) is 53.4 Å². The maximum absolute atomic E-state index is 12.7. The van der Waals surface area contributed by atoms with Crippen molar-refractivity contribution in [2.75, 3.05) is 0 Å². The first-order valence-corrected chi connectivity index (χ1v) is 8.31. The van der Waals surface area contributed by atoms with Gasteiger partial charge >= 0.3 is 0 Å². The molecule has 0 heterocycles. The number of hydrogen-bond acceptors (Lipinski definition) is 2. The predicted molar refractivity (Wildman–Crippen MR) is 88.3 cm³/mol. The molecule has 118 valence electrons. The van der Waals surface area contributed by atoms with Crippen LogP contribution in [-0.2, 0) is 9.59 Å². The van der Waals surface area contributed by atoms with E-state index in [0.717, 1.165) is 30.4 Å². The maximum Gasteiger partial charge on any atom is 0.181 e. The molecule has 0 spiro atoms. The van der Waals surface area contributed by atoms with Crippen LogP contribution in [0, 0.1) is 22.2 Å². The summed E-state index contributed by atoms with van der Waals surface area (Å²) >= 11 is 0. The number of fused-ring (bicyclic) bond motifs is 3. The van der Waals surface area contributed by atoms with E-state index in [0.29, 0.717) is 6.42 Å². The Morgan fingerprint density at radius 2 is 1.86 bits per heavy atom. The summed E-state index contributed by atoms with van der Waals surface area (Å²) in [6, 6.07) is 0. The largest absolute Gasteiger partial charge is 0.299 e. The highest BCUT2D eigenvalue weighted by atomic mass is 16.1. The van der Waals surface area contributed by atoms with Gasteiger partial charge in [-0.15, -0.1) is 6.58 Å². The molecule has 0 saturated heterocycles. The van der Waals surface area contributed by atoms with Crippen molar-refractivity contribution in [3.05, 3.63) is 36.0 Å². The molecule has 0 amide bonds. The molecule has 0 aliphatic heterocycles. The van der Waals surface area contributed by atoms with Crippen molar-refractivity contribution >= 4 is 11.6 Å². The van der Waals surface area contributed by atoms with Crippen LogP contribution in [0.4, 0.5) is 0 Å². The minimum atomic E-state index is -0.507. The van der Waals surface area contributed by atoms with Crippen molar-refractivity contribution in [1.82, 2.24) is 0 Å². The van der Waals surface area contributed by atoms with Crippen LogP contribution in [0.5, 0.6) is 0 Å². The first kappa shape index (κ1) is 15.5. The molecule has 0 aromatic rings. The van der Waals surface area contributed by atoms with Gasteiger partial charge in [-0.25, -0.2) is 0 Å². The fraction of sp³-hybridized carbons (Fsp3) is 0.600. The van der Waals surface area contributed by atoms with Crippen molar-refractivity contribution in [2.24, 2.45) is 22.2 Å². The second-order valence-corrected chi connectivity index (χ2v) is 8.29. The molecule has 1 saturated carbocycles. The fourth-order valence-corrected chi connectivity index (χ4v) is 4.81. The molecular weight excluding hydrogens is 272 g/mol. The second-order valence-electron chi connectivity index (χ2n) is 8.29. The van der Waals surface area contributed by atoms with Gasteiger partial charge in [0.25, 0.3) is 0 Å². The van der Waals surface area contributed by atoms with Gasteiger partial charge in [-0.3, -0.25) is 9.59 Å². The Morgan fingerprint density at radius 1 is 1.18 bits per heavy atom. The average molecular weight is 298 g/mol. The van der Waals surface area contributed by atoms with Crippen LogP contribution >= 0.6 is 0 Å². The van der Waals surface area contributed by atoms with Crippen LogP contribution in [0.25, 0.3) is 0 Å². The summed E-state index contributed by atoms with van der Waals surface area (Å²) in [7, 11) is 0. The minimum absolute atomic E-state index is 0.0559. The van der Waals surface area contributed by atoms with Crippen LogP contribution in [-0.4, -0.2) is 11.6 Å². The molecule has 0 radical (unpaired) electrons. The molecule has 22 heavy (non-hydrogen) atoms. The van der Waals surface area contributed by atoms with Crippen molar-refractivity contribution < 1.29 is 9.59 Å². The number of Topliss-reactive ketones (excluding diaryl/α,β-unsaturated/α-hetero) is 1. The molecule has 3 atom stereocenters. The molecule has 3 aliphatic rings. The zero-order valence-corrected chi connectivity index (χ0v) is 14.2. The average Bonchev–Trinajstić information content (AvgIpc) is 2.47. The Balaban J connectivity index is 2.16. The van der Waals surface area contributed by atoms with E-state index in [1.807, 2.05) is 19.9 Å². The Labute approximate surface area is 133 Å². The Morgan fingerprint density at radius 3 is 2.50 bits per heavy atom. The van der Waals surface area contributed by atoms with Crippen molar-refractivity contribution in [1.29, 1.82) is 0 Å². The topological polar surface area (TPSA) is 34.1 Å². The molecule has 3 aliphatic carbocycles. The Kier molecular flexibility index (Phi) is 3.18. The number of allylic oxidation sites excluding steroid dienone is 5. The summed E-state index contributed by atoms with van der Waals surface area (Å²) in [4.78, 5) is 25.1. The van der Waals surface area contributed by atoms with Crippen LogP contribution < -0.4 is 0 Å². The third-order valence-electron chi connectivity index (χ3n) is 6.48. The van der Waals surface area contributed by atoms with E-state index in [4.69, 9.17) is 0 Å². The lowest BCUT2D eigenvalue weighted by Gasteiger charge is -2.53. The van der Waals surface area contributed by atoms with Crippen LogP contribution in [0.3, 0.4) is 0 Å². The highest BCUT2D eigenvalue weighted by molar-refractivity contribution is 6.08. The van der Waals surface area contributed by atoms with Gasteiger partial charge in [0, 0.05) is 22.8 Å². The molecular formula is C20H26O2. The molecule has 2 nitrogen and oxygen atoms in total.